The molecule has 0 aromatic rings. The first-order valence-electron chi connectivity index (χ1n) is 4.76. The largest absolute Gasteiger partial charge is 0.375 e. The van der Waals surface area contributed by atoms with Gasteiger partial charge in [0.2, 0.25) is 0 Å². The highest BCUT2D eigenvalue weighted by atomic mass is 16.5. The highest BCUT2D eigenvalue weighted by molar-refractivity contribution is 5.77. The van der Waals surface area contributed by atoms with Crippen LogP contribution in [0.1, 0.15) is 26.7 Å². The normalized spacial score (nSPS) is 35.9. The summed E-state index contributed by atoms with van der Waals surface area (Å²) >= 11 is 0. The smallest absolute Gasteiger partial charge is 0.188 e. The summed E-state index contributed by atoms with van der Waals surface area (Å²) in [6, 6.07) is 0.405. The van der Waals surface area contributed by atoms with E-state index in [4.69, 9.17) is 10.5 Å². The molecule has 1 saturated heterocycles. The monoisotopic (exact) mass is 185 g/mol. The van der Waals surface area contributed by atoms with Gasteiger partial charge in [-0.15, -0.1) is 0 Å². The zero-order valence-corrected chi connectivity index (χ0v) is 8.58. The number of hydrogen-bond donors (Lipinski definition) is 2. The van der Waals surface area contributed by atoms with Gasteiger partial charge in [-0.05, 0) is 26.7 Å². The minimum Gasteiger partial charge on any atom is -0.375 e. The Labute approximate surface area is 79.6 Å². The Bertz CT molecular complexity index is 183. The van der Waals surface area contributed by atoms with Gasteiger partial charge < -0.3 is 15.8 Å². The number of nitrogens with zero attached hydrogens (tertiary/aromatic N) is 1. The first kappa shape index (κ1) is 10.3. The molecule has 0 amide bonds. The molecular formula is C9H19N3O. The maximum absolute atomic E-state index is 5.61. The van der Waals surface area contributed by atoms with Gasteiger partial charge in [0.05, 0.1) is 12.2 Å². The molecule has 76 valence electrons. The van der Waals surface area contributed by atoms with Gasteiger partial charge in [0.15, 0.2) is 5.96 Å². The summed E-state index contributed by atoms with van der Waals surface area (Å²) in [6.07, 6.45) is 2.62. The third-order valence-electron chi connectivity index (χ3n) is 2.29. The molecule has 0 spiro atoms. The molecule has 13 heavy (non-hydrogen) atoms. The van der Waals surface area contributed by atoms with Crippen molar-refractivity contribution in [2.45, 2.75) is 44.9 Å². The Morgan fingerprint density at radius 1 is 1.38 bits per heavy atom. The molecule has 0 aromatic heterocycles. The average Bonchev–Trinajstić information content (AvgIpc) is 2.02. The van der Waals surface area contributed by atoms with Crippen molar-refractivity contribution in [1.29, 1.82) is 0 Å². The molecule has 1 aliphatic rings. The van der Waals surface area contributed by atoms with Crippen LogP contribution in [0.15, 0.2) is 4.99 Å². The zero-order valence-electron chi connectivity index (χ0n) is 8.58. The molecule has 3 N–H and O–H groups in total. The first-order valence-corrected chi connectivity index (χ1v) is 4.76. The Morgan fingerprint density at radius 3 is 2.38 bits per heavy atom. The maximum Gasteiger partial charge on any atom is 0.188 e. The molecule has 4 heteroatoms. The number of hydrogen-bond acceptors (Lipinski definition) is 2. The van der Waals surface area contributed by atoms with Crippen LogP contribution in [0.25, 0.3) is 0 Å². The van der Waals surface area contributed by atoms with E-state index in [1.54, 1.807) is 7.05 Å². The van der Waals surface area contributed by atoms with Crippen molar-refractivity contribution >= 4 is 5.96 Å². The van der Waals surface area contributed by atoms with Crippen LogP contribution in [0.2, 0.25) is 0 Å². The molecule has 1 heterocycles. The van der Waals surface area contributed by atoms with E-state index in [-0.39, 0.29) is 0 Å². The highest BCUT2D eigenvalue weighted by Gasteiger charge is 2.24. The number of rotatable bonds is 1. The fourth-order valence-corrected chi connectivity index (χ4v) is 1.80. The summed E-state index contributed by atoms with van der Waals surface area (Å²) < 4.78 is 5.61. The second-order valence-electron chi connectivity index (χ2n) is 3.68. The zero-order chi connectivity index (χ0) is 9.84. The van der Waals surface area contributed by atoms with Gasteiger partial charge >= 0.3 is 0 Å². The minimum atomic E-state index is 0.311. The van der Waals surface area contributed by atoms with Crippen LogP contribution < -0.4 is 11.1 Å². The van der Waals surface area contributed by atoms with Crippen LogP contribution in [0.3, 0.4) is 0 Å². The van der Waals surface area contributed by atoms with Crippen molar-refractivity contribution in [3.63, 3.8) is 0 Å². The van der Waals surface area contributed by atoms with Gasteiger partial charge in [-0.3, -0.25) is 4.99 Å². The lowest BCUT2D eigenvalue weighted by Gasteiger charge is -2.32. The number of nitrogens with one attached hydrogen (secondary N) is 1. The van der Waals surface area contributed by atoms with Gasteiger partial charge in [0, 0.05) is 13.1 Å². The molecule has 1 fully saturated rings. The SMILES string of the molecule is CN=C(N)NC1CC(C)OC(C)C1. The quantitative estimate of drug-likeness (QED) is 0.461. The summed E-state index contributed by atoms with van der Waals surface area (Å²) in [7, 11) is 1.69. The van der Waals surface area contributed by atoms with Crippen molar-refractivity contribution in [3.05, 3.63) is 0 Å². The average molecular weight is 185 g/mol. The van der Waals surface area contributed by atoms with Gasteiger partial charge in [0.1, 0.15) is 0 Å². The van der Waals surface area contributed by atoms with Crippen LogP contribution in [0.4, 0.5) is 0 Å². The van der Waals surface area contributed by atoms with E-state index in [0.29, 0.717) is 24.2 Å². The van der Waals surface area contributed by atoms with E-state index in [0.717, 1.165) is 12.8 Å². The van der Waals surface area contributed by atoms with Crippen LogP contribution in [0, 0.1) is 0 Å². The van der Waals surface area contributed by atoms with Crippen molar-refractivity contribution in [2.75, 3.05) is 7.05 Å². The van der Waals surface area contributed by atoms with E-state index in [1.807, 2.05) is 0 Å². The molecule has 2 atom stereocenters. The van der Waals surface area contributed by atoms with Crippen LogP contribution in [-0.2, 0) is 4.74 Å². The third kappa shape index (κ3) is 3.22. The summed E-state index contributed by atoms with van der Waals surface area (Å²) in [5, 5.41) is 3.18. The topological polar surface area (TPSA) is 59.6 Å². The molecule has 4 nitrogen and oxygen atoms in total. The summed E-state index contributed by atoms with van der Waals surface area (Å²) in [6.45, 7) is 4.17. The molecule has 0 saturated carbocycles. The van der Waals surface area contributed by atoms with E-state index in [2.05, 4.69) is 24.2 Å². The lowest BCUT2D eigenvalue weighted by Crippen LogP contribution is -2.46. The van der Waals surface area contributed by atoms with Crippen LogP contribution >= 0.6 is 0 Å². The first-order chi connectivity index (χ1) is 6.11. The molecule has 1 rings (SSSR count). The summed E-state index contributed by atoms with van der Waals surface area (Å²) in [5.41, 5.74) is 5.59. The second-order valence-corrected chi connectivity index (χ2v) is 3.68. The summed E-state index contributed by atoms with van der Waals surface area (Å²) in [4.78, 5) is 3.88. The molecule has 0 aliphatic carbocycles. The van der Waals surface area contributed by atoms with E-state index < -0.39 is 0 Å². The Hall–Kier alpha value is -0.770. The maximum atomic E-state index is 5.61. The third-order valence-corrected chi connectivity index (χ3v) is 2.29. The number of guanidine groups is 1. The van der Waals surface area contributed by atoms with Crippen molar-refractivity contribution < 1.29 is 4.74 Å². The van der Waals surface area contributed by atoms with Crippen LogP contribution in [0.5, 0.6) is 0 Å². The van der Waals surface area contributed by atoms with Gasteiger partial charge in [-0.1, -0.05) is 0 Å². The fourth-order valence-electron chi connectivity index (χ4n) is 1.80. The number of ether oxygens (including phenoxy) is 1. The fraction of sp³-hybridized carbons (Fsp3) is 0.889. The molecule has 0 radical (unpaired) electrons. The molecule has 0 aromatic carbocycles. The Kier molecular flexibility index (Phi) is 3.54. The number of nitrogens with two attached hydrogens (primary N) is 1. The van der Waals surface area contributed by atoms with Gasteiger partial charge in [0.25, 0.3) is 0 Å². The number of aliphatic imine (C=N–C) groups is 1. The minimum absolute atomic E-state index is 0.311. The lowest BCUT2D eigenvalue weighted by atomic mass is 10.0. The lowest BCUT2D eigenvalue weighted by molar-refractivity contribution is -0.0394. The van der Waals surface area contributed by atoms with Gasteiger partial charge in [-0.25, -0.2) is 0 Å². The highest BCUT2D eigenvalue weighted by Crippen LogP contribution is 2.18. The standard InChI is InChI=1S/C9H19N3O/c1-6-4-8(5-7(2)13-6)12-9(10)11-3/h6-8H,4-5H2,1-3H3,(H3,10,11,12). The van der Waals surface area contributed by atoms with E-state index >= 15 is 0 Å². The summed E-state index contributed by atoms with van der Waals surface area (Å²) in [5.74, 6) is 0.520. The van der Waals surface area contributed by atoms with Crippen molar-refractivity contribution in [2.24, 2.45) is 10.7 Å². The molecular weight excluding hydrogens is 166 g/mol. The van der Waals surface area contributed by atoms with E-state index in [1.165, 1.54) is 0 Å². The molecule has 0 bridgehead atoms. The second kappa shape index (κ2) is 4.46. The predicted molar refractivity (Wildman–Crippen MR) is 53.7 cm³/mol. The Morgan fingerprint density at radius 2 is 1.92 bits per heavy atom. The van der Waals surface area contributed by atoms with Gasteiger partial charge in [-0.2, -0.15) is 0 Å². The van der Waals surface area contributed by atoms with Crippen molar-refractivity contribution in [1.82, 2.24) is 5.32 Å². The van der Waals surface area contributed by atoms with Crippen molar-refractivity contribution in [3.8, 4) is 0 Å². The molecule has 2 unspecified atom stereocenters. The Balaban J connectivity index is 2.41. The molecule has 1 aliphatic heterocycles. The van der Waals surface area contributed by atoms with Crippen LogP contribution in [-0.4, -0.2) is 31.3 Å². The van der Waals surface area contributed by atoms with E-state index in [9.17, 15) is 0 Å². The predicted octanol–water partition coefficient (Wildman–Crippen LogP) is 0.476.